The van der Waals surface area contributed by atoms with Crippen LogP contribution >= 0.6 is 0 Å². The largest absolute Gasteiger partial charge is 0.508 e. The summed E-state index contributed by atoms with van der Waals surface area (Å²) in [5, 5.41) is 8.63. The summed E-state index contributed by atoms with van der Waals surface area (Å²) < 4.78 is 0. The number of aromatic hydroxyl groups is 1. The second-order valence-electron chi connectivity index (χ2n) is 1.34. The Morgan fingerprint density at radius 3 is 1.75 bits per heavy atom. The van der Waals surface area contributed by atoms with E-state index in [2.05, 4.69) is 0 Å². The molecule has 0 fully saturated rings. The van der Waals surface area contributed by atoms with Gasteiger partial charge in [0.25, 0.3) is 0 Å². The SMILES string of the molecule is Oc1ccccc1.[Nb]. The molecule has 8 heavy (non-hydrogen) atoms. The van der Waals surface area contributed by atoms with Crippen molar-refractivity contribution in [2.45, 2.75) is 0 Å². The molecule has 0 unspecified atom stereocenters. The summed E-state index contributed by atoms with van der Waals surface area (Å²) >= 11 is 0. The van der Waals surface area contributed by atoms with Gasteiger partial charge in [-0.1, -0.05) is 18.2 Å². The van der Waals surface area contributed by atoms with Crippen LogP contribution < -0.4 is 0 Å². The monoisotopic (exact) mass is 187 g/mol. The van der Waals surface area contributed by atoms with E-state index in [1.54, 1.807) is 24.3 Å². The van der Waals surface area contributed by atoms with Crippen molar-refractivity contribution in [3.63, 3.8) is 0 Å². The first-order valence-electron chi connectivity index (χ1n) is 2.13. The third kappa shape index (κ3) is 2.17. The van der Waals surface area contributed by atoms with Gasteiger partial charge in [0, 0.05) is 22.4 Å². The van der Waals surface area contributed by atoms with E-state index < -0.39 is 0 Å². The van der Waals surface area contributed by atoms with E-state index in [1.807, 2.05) is 6.07 Å². The zero-order chi connectivity index (χ0) is 5.11. The number of phenols is 1. The van der Waals surface area contributed by atoms with Crippen molar-refractivity contribution in [2.75, 3.05) is 0 Å². The minimum Gasteiger partial charge on any atom is -0.508 e. The zero-order valence-electron chi connectivity index (χ0n) is 4.28. The van der Waals surface area contributed by atoms with E-state index in [-0.39, 0.29) is 22.4 Å². The number of benzene rings is 1. The van der Waals surface area contributed by atoms with Crippen LogP contribution in [0.3, 0.4) is 0 Å². The molecule has 1 radical (unpaired) electrons. The fourth-order valence-electron chi connectivity index (χ4n) is 0.428. The predicted octanol–water partition coefficient (Wildman–Crippen LogP) is 1.39. The first kappa shape index (κ1) is 7.76. The smallest absolute Gasteiger partial charge is 0.115 e. The molecule has 0 saturated heterocycles. The molecule has 0 aliphatic carbocycles. The molecule has 0 aliphatic rings. The second-order valence-corrected chi connectivity index (χ2v) is 1.34. The van der Waals surface area contributed by atoms with Gasteiger partial charge in [-0.15, -0.1) is 0 Å². The fraction of sp³-hybridized carbons (Fsp3) is 0. The maximum absolute atomic E-state index is 8.63. The summed E-state index contributed by atoms with van der Waals surface area (Å²) in [7, 11) is 0. The topological polar surface area (TPSA) is 20.2 Å². The summed E-state index contributed by atoms with van der Waals surface area (Å²) in [5.41, 5.74) is 0. The van der Waals surface area contributed by atoms with Crippen molar-refractivity contribution < 1.29 is 27.5 Å². The summed E-state index contributed by atoms with van der Waals surface area (Å²) in [5.74, 6) is 0.322. The first-order valence-corrected chi connectivity index (χ1v) is 2.13. The molecule has 0 amide bonds. The molecule has 0 aliphatic heterocycles. The number of phenolic OH excluding ortho intramolecular Hbond substituents is 1. The quantitative estimate of drug-likeness (QED) is 0.608. The fourth-order valence-corrected chi connectivity index (χ4v) is 0.428. The van der Waals surface area contributed by atoms with Crippen molar-refractivity contribution >= 4 is 0 Å². The number of para-hydroxylation sites is 1. The third-order valence-electron chi connectivity index (χ3n) is 0.756. The van der Waals surface area contributed by atoms with Gasteiger partial charge in [-0.25, -0.2) is 0 Å². The summed E-state index contributed by atoms with van der Waals surface area (Å²) in [6.07, 6.45) is 0. The van der Waals surface area contributed by atoms with Gasteiger partial charge < -0.3 is 5.11 Å². The van der Waals surface area contributed by atoms with Crippen LogP contribution in [0.5, 0.6) is 5.75 Å². The average molecular weight is 187 g/mol. The summed E-state index contributed by atoms with van der Waals surface area (Å²) in [6, 6.07) is 8.71. The van der Waals surface area contributed by atoms with Gasteiger partial charge in [0.2, 0.25) is 0 Å². The van der Waals surface area contributed by atoms with Crippen LogP contribution in [0.1, 0.15) is 0 Å². The Balaban J connectivity index is 0.000000490. The maximum Gasteiger partial charge on any atom is 0.115 e. The van der Waals surface area contributed by atoms with Crippen LogP contribution in [0, 0.1) is 0 Å². The van der Waals surface area contributed by atoms with E-state index in [0.717, 1.165) is 0 Å². The summed E-state index contributed by atoms with van der Waals surface area (Å²) in [6.45, 7) is 0. The van der Waals surface area contributed by atoms with Crippen LogP contribution in [0.25, 0.3) is 0 Å². The third-order valence-corrected chi connectivity index (χ3v) is 0.756. The Morgan fingerprint density at radius 1 is 1.00 bits per heavy atom. The van der Waals surface area contributed by atoms with Crippen molar-refractivity contribution in [1.82, 2.24) is 0 Å². The molecule has 0 bridgehead atoms. The predicted molar refractivity (Wildman–Crippen MR) is 28.1 cm³/mol. The molecule has 1 N–H and O–H groups in total. The van der Waals surface area contributed by atoms with Crippen LogP contribution in [0.4, 0.5) is 0 Å². The number of hydrogen-bond donors (Lipinski definition) is 1. The second kappa shape index (κ2) is 3.72. The molecule has 1 aromatic carbocycles. The average Bonchev–Trinajstić information content (AvgIpc) is 1.69. The Hall–Kier alpha value is -0.240. The minimum atomic E-state index is 0. The Kier molecular flexibility index (Phi) is 3.61. The molecule has 0 aromatic heterocycles. The zero-order valence-corrected chi connectivity index (χ0v) is 6.48. The number of hydrogen-bond acceptors (Lipinski definition) is 1. The Morgan fingerprint density at radius 2 is 1.50 bits per heavy atom. The van der Waals surface area contributed by atoms with Crippen LogP contribution in [-0.4, -0.2) is 5.11 Å². The van der Waals surface area contributed by atoms with Crippen LogP contribution in [0.15, 0.2) is 30.3 Å². The van der Waals surface area contributed by atoms with E-state index in [4.69, 9.17) is 5.11 Å². The molecular weight excluding hydrogens is 181 g/mol. The van der Waals surface area contributed by atoms with Gasteiger partial charge in [0.05, 0.1) is 0 Å². The normalized spacial score (nSPS) is 7.50. The standard InChI is InChI=1S/C6H6O.Nb/c7-6-4-2-1-3-5-6;/h1-5,7H;. The molecule has 0 atom stereocenters. The van der Waals surface area contributed by atoms with Gasteiger partial charge in [0.1, 0.15) is 5.75 Å². The molecule has 0 saturated carbocycles. The van der Waals surface area contributed by atoms with Gasteiger partial charge in [0.15, 0.2) is 0 Å². The molecule has 1 nitrogen and oxygen atoms in total. The summed E-state index contributed by atoms with van der Waals surface area (Å²) in [4.78, 5) is 0. The molecular formula is C6H6NbO. The van der Waals surface area contributed by atoms with Crippen molar-refractivity contribution in [2.24, 2.45) is 0 Å². The van der Waals surface area contributed by atoms with Gasteiger partial charge >= 0.3 is 0 Å². The van der Waals surface area contributed by atoms with E-state index in [0.29, 0.717) is 5.75 Å². The molecule has 1 rings (SSSR count). The first-order chi connectivity index (χ1) is 3.39. The molecule has 0 heterocycles. The Bertz CT molecular complexity index is 138. The maximum atomic E-state index is 8.63. The van der Waals surface area contributed by atoms with E-state index in [9.17, 15) is 0 Å². The molecule has 0 spiro atoms. The van der Waals surface area contributed by atoms with Crippen LogP contribution in [-0.2, 0) is 22.4 Å². The van der Waals surface area contributed by atoms with E-state index in [1.165, 1.54) is 0 Å². The van der Waals surface area contributed by atoms with Crippen molar-refractivity contribution in [1.29, 1.82) is 0 Å². The van der Waals surface area contributed by atoms with Crippen molar-refractivity contribution in [3.8, 4) is 5.75 Å². The van der Waals surface area contributed by atoms with Crippen LogP contribution in [0.2, 0.25) is 0 Å². The van der Waals surface area contributed by atoms with E-state index >= 15 is 0 Å². The molecule has 2 heteroatoms. The number of rotatable bonds is 0. The van der Waals surface area contributed by atoms with Gasteiger partial charge in [-0.2, -0.15) is 0 Å². The minimum absolute atomic E-state index is 0. The molecule has 41 valence electrons. The Labute approximate surface area is 63.9 Å². The van der Waals surface area contributed by atoms with Gasteiger partial charge in [-0.05, 0) is 12.1 Å². The van der Waals surface area contributed by atoms with Gasteiger partial charge in [-0.3, -0.25) is 0 Å². The molecule has 1 aromatic rings. The van der Waals surface area contributed by atoms with Crippen molar-refractivity contribution in [3.05, 3.63) is 30.3 Å².